The Balaban J connectivity index is 2.50. The Morgan fingerprint density at radius 3 is 2.50 bits per heavy atom. The molecule has 1 N–H and O–H groups in total. The van der Waals surface area contributed by atoms with Crippen molar-refractivity contribution in [3.8, 4) is 5.75 Å². The molecule has 1 aromatic rings. The van der Waals surface area contributed by atoms with Gasteiger partial charge in [0.25, 0.3) is 0 Å². The number of hydrogen-bond acceptors (Lipinski definition) is 4. The minimum Gasteiger partial charge on any atom is -0.494 e. The van der Waals surface area contributed by atoms with Gasteiger partial charge in [0.05, 0.1) is 12.3 Å². The summed E-state index contributed by atoms with van der Waals surface area (Å²) in [7, 11) is 0. The largest absolute Gasteiger partial charge is 0.494 e. The van der Waals surface area contributed by atoms with Gasteiger partial charge in [0.2, 0.25) is 0 Å². The molecule has 0 fully saturated rings. The summed E-state index contributed by atoms with van der Waals surface area (Å²) in [5, 5.41) is 0. The first-order valence-electron chi connectivity index (χ1n) is 4.38. The first kappa shape index (κ1) is 10.4. The molecule has 1 rings (SSSR count). The van der Waals surface area contributed by atoms with Crippen molar-refractivity contribution in [3.63, 3.8) is 0 Å². The molecule has 0 unspecified atom stereocenters. The van der Waals surface area contributed by atoms with Crippen LogP contribution >= 0.6 is 0 Å². The van der Waals surface area contributed by atoms with Gasteiger partial charge < -0.3 is 9.57 Å². The van der Waals surface area contributed by atoms with Crippen molar-refractivity contribution in [1.82, 2.24) is 0 Å². The number of nitrogens with one attached hydrogen (secondary N) is 1. The van der Waals surface area contributed by atoms with E-state index in [-0.39, 0.29) is 5.97 Å². The minimum atomic E-state index is -0.376. The van der Waals surface area contributed by atoms with Crippen LogP contribution in [0.15, 0.2) is 24.3 Å². The van der Waals surface area contributed by atoms with Crippen LogP contribution in [0.5, 0.6) is 5.75 Å². The molecule has 1 aromatic carbocycles. The summed E-state index contributed by atoms with van der Waals surface area (Å²) in [6.45, 7) is 3.89. The van der Waals surface area contributed by atoms with E-state index in [4.69, 9.17) is 4.74 Å². The van der Waals surface area contributed by atoms with Gasteiger partial charge in [-0.3, -0.25) is 4.79 Å². The molecule has 0 aromatic heterocycles. The summed E-state index contributed by atoms with van der Waals surface area (Å²) in [6, 6.07) is 7.15. The number of benzene rings is 1. The molecule has 0 saturated heterocycles. The molecule has 0 atom stereocenters. The summed E-state index contributed by atoms with van der Waals surface area (Å²) in [5.41, 5.74) is 3.22. The minimum absolute atomic E-state index is 0.376. The van der Waals surface area contributed by atoms with Gasteiger partial charge in [-0.05, 0) is 31.2 Å². The second-order valence-corrected chi connectivity index (χ2v) is 2.65. The number of anilines is 1. The van der Waals surface area contributed by atoms with Crippen LogP contribution in [0.3, 0.4) is 0 Å². The van der Waals surface area contributed by atoms with E-state index in [1.54, 1.807) is 24.3 Å². The van der Waals surface area contributed by atoms with Gasteiger partial charge >= 0.3 is 5.97 Å². The van der Waals surface area contributed by atoms with Crippen LogP contribution in [0.25, 0.3) is 0 Å². The smallest absolute Gasteiger partial charge is 0.329 e. The summed E-state index contributed by atoms with van der Waals surface area (Å²) >= 11 is 0. The zero-order valence-electron chi connectivity index (χ0n) is 8.24. The molecular formula is C10H13NO3. The molecule has 0 aliphatic carbocycles. The highest BCUT2D eigenvalue weighted by Crippen LogP contribution is 2.15. The van der Waals surface area contributed by atoms with Crippen molar-refractivity contribution < 1.29 is 14.4 Å². The van der Waals surface area contributed by atoms with Gasteiger partial charge in [-0.15, -0.1) is 0 Å². The van der Waals surface area contributed by atoms with Gasteiger partial charge in [-0.1, -0.05) is 0 Å². The topological polar surface area (TPSA) is 47.6 Å². The number of rotatable bonds is 4. The van der Waals surface area contributed by atoms with Crippen molar-refractivity contribution in [3.05, 3.63) is 24.3 Å². The second-order valence-electron chi connectivity index (χ2n) is 2.65. The second kappa shape index (κ2) is 5.11. The third-order valence-corrected chi connectivity index (χ3v) is 1.48. The van der Waals surface area contributed by atoms with Gasteiger partial charge in [-0.25, -0.2) is 5.48 Å². The molecule has 0 aliphatic rings. The zero-order valence-corrected chi connectivity index (χ0v) is 8.24. The molecule has 0 amide bonds. The highest BCUT2D eigenvalue weighted by Gasteiger charge is 1.95. The summed E-state index contributed by atoms with van der Waals surface area (Å²) in [4.78, 5) is 15.1. The van der Waals surface area contributed by atoms with Crippen molar-refractivity contribution in [1.29, 1.82) is 0 Å². The molecule has 0 aliphatic heterocycles. The first-order chi connectivity index (χ1) is 6.72. The normalized spacial score (nSPS) is 9.29. The predicted molar refractivity (Wildman–Crippen MR) is 53.0 cm³/mol. The molecule has 4 heteroatoms. The standard InChI is InChI=1S/C10H13NO3/c1-3-13-10-6-4-9(5-7-10)11-14-8(2)12/h4-7,11H,3H2,1-2H3. The van der Waals surface area contributed by atoms with Gasteiger partial charge in [0, 0.05) is 6.92 Å². The summed E-state index contributed by atoms with van der Waals surface area (Å²) in [5.74, 6) is 0.416. The molecule has 14 heavy (non-hydrogen) atoms. The Bertz CT molecular complexity index is 295. The van der Waals surface area contributed by atoms with Crippen LogP contribution in [0.1, 0.15) is 13.8 Å². The molecule has 4 nitrogen and oxygen atoms in total. The molecule has 0 heterocycles. The van der Waals surface area contributed by atoms with Crippen LogP contribution < -0.4 is 10.2 Å². The molecular weight excluding hydrogens is 182 g/mol. The lowest BCUT2D eigenvalue weighted by atomic mass is 10.3. The SMILES string of the molecule is CCOc1ccc(NOC(C)=O)cc1. The summed E-state index contributed by atoms with van der Waals surface area (Å²) in [6.07, 6.45) is 0. The highest BCUT2D eigenvalue weighted by atomic mass is 16.7. The van der Waals surface area contributed by atoms with Gasteiger partial charge in [-0.2, -0.15) is 0 Å². The fourth-order valence-electron chi connectivity index (χ4n) is 0.917. The maximum absolute atomic E-state index is 10.5. The van der Waals surface area contributed by atoms with Crippen molar-refractivity contribution in [2.45, 2.75) is 13.8 Å². The van der Waals surface area contributed by atoms with Crippen LogP contribution in [0.2, 0.25) is 0 Å². The van der Waals surface area contributed by atoms with E-state index in [9.17, 15) is 4.79 Å². The van der Waals surface area contributed by atoms with Gasteiger partial charge in [0.15, 0.2) is 0 Å². The average Bonchev–Trinajstić information content (AvgIpc) is 2.17. The third kappa shape index (κ3) is 3.35. The maximum Gasteiger partial charge on any atom is 0.329 e. The lowest BCUT2D eigenvalue weighted by Gasteiger charge is -2.06. The van der Waals surface area contributed by atoms with E-state index in [0.717, 1.165) is 5.75 Å². The van der Waals surface area contributed by atoms with E-state index in [1.807, 2.05) is 6.92 Å². The Morgan fingerprint density at radius 1 is 1.36 bits per heavy atom. The Hall–Kier alpha value is -1.71. The number of hydrogen-bond donors (Lipinski definition) is 1. The molecule has 0 saturated carbocycles. The molecule has 0 spiro atoms. The van der Waals surface area contributed by atoms with E-state index in [2.05, 4.69) is 10.3 Å². The lowest BCUT2D eigenvalue weighted by Crippen LogP contribution is -2.05. The summed E-state index contributed by atoms with van der Waals surface area (Å²) < 4.78 is 5.25. The van der Waals surface area contributed by atoms with Crippen molar-refractivity contribution >= 4 is 11.7 Å². The van der Waals surface area contributed by atoms with E-state index < -0.39 is 0 Å². The number of ether oxygens (including phenoxy) is 1. The van der Waals surface area contributed by atoms with Gasteiger partial charge in [0.1, 0.15) is 5.75 Å². The molecule has 0 radical (unpaired) electrons. The maximum atomic E-state index is 10.5. The van der Waals surface area contributed by atoms with Crippen LogP contribution in [-0.2, 0) is 9.63 Å². The molecule has 76 valence electrons. The quantitative estimate of drug-likeness (QED) is 0.746. The van der Waals surface area contributed by atoms with Crippen LogP contribution in [0.4, 0.5) is 5.69 Å². The number of carbonyl (C=O) groups excluding carboxylic acids is 1. The Kier molecular flexibility index (Phi) is 3.79. The Labute approximate surface area is 82.8 Å². The lowest BCUT2D eigenvalue weighted by molar-refractivity contribution is -0.138. The molecule has 0 bridgehead atoms. The fraction of sp³-hybridized carbons (Fsp3) is 0.300. The van der Waals surface area contributed by atoms with E-state index in [1.165, 1.54) is 6.92 Å². The predicted octanol–water partition coefficient (Wildman–Crippen LogP) is 1.98. The monoisotopic (exact) mass is 195 g/mol. The van der Waals surface area contributed by atoms with Crippen LogP contribution in [0, 0.1) is 0 Å². The average molecular weight is 195 g/mol. The first-order valence-corrected chi connectivity index (χ1v) is 4.38. The third-order valence-electron chi connectivity index (χ3n) is 1.48. The highest BCUT2D eigenvalue weighted by molar-refractivity contribution is 5.67. The zero-order chi connectivity index (χ0) is 10.4. The number of carbonyl (C=O) groups is 1. The van der Waals surface area contributed by atoms with E-state index in [0.29, 0.717) is 12.3 Å². The van der Waals surface area contributed by atoms with Crippen molar-refractivity contribution in [2.24, 2.45) is 0 Å². The van der Waals surface area contributed by atoms with E-state index >= 15 is 0 Å². The van der Waals surface area contributed by atoms with Crippen molar-refractivity contribution in [2.75, 3.05) is 12.1 Å². The fourth-order valence-corrected chi connectivity index (χ4v) is 0.917. The van der Waals surface area contributed by atoms with Crippen LogP contribution in [-0.4, -0.2) is 12.6 Å². The Morgan fingerprint density at radius 2 is 2.00 bits per heavy atom.